The lowest BCUT2D eigenvalue weighted by Crippen LogP contribution is -2.11. The van der Waals surface area contributed by atoms with E-state index < -0.39 is 0 Å². The lowest BCUT2D eigenvalue weighted by molar-refractivity contribution is -0.144. The molecule has 0 rings (SSSR count). The summed E-state index contributed by atoms with van der Waals surface area (Å²) in [5.74, 6) is 0.483. The SMILES string of the molecule is CCCCOC(=O)CC(CC)CC. The molecule has 13 heavy (non-hydrogen) atoms. The van der Waals surface area contributed by atoms with Gasteiger partial charge >= 0.3 is 5.97 Å². The molecule has 0 heterocycles. The normalized spacial score (nSPS) is 10.5. The number of hydrogen-bond acceptors (Lipinski definition) is 2. The zero-order valence-electron chi connectivity index (χ0n) is 9.14. The van der Waals surface area contributed by atoms with Crippen LogP contribution in [0.1, 0.15) is 52.9 Å². The van der Waals surface area contributed by atoms with E-state index in [1.54, 1.807) is 0 Å². The topological polar surface area (TPSA) is 26.3 Å². The number of unbranched alkanes of at least 4 members (excludes halogenated alkanes) is 1. The van der Waals surface area contributed by atoms with E-state index in [1.165, 1.54) is 0 Å². The van der Waals surface area contributed by atoms with E-state index in [4.69, 9.17) is 4.74 Å². The minimum atomic E-state index is -0.0258. The zero-order valence-corrected chi connectivity index (χ0v) is 9.14. The molecule has 0 aromatic carbocycles. The van der Waals surface area contributed by atoms with Gasteiger partial charge in [-0.1, -0.05) is 40.0 Å². The third-order valence-corrected chi connectivity index (χ3v) is 2.37. The van der Waals surface area contributed by atoms with Crippen molar-refractivity contribution in [2.24, 2.45) is 5.92 Å². The number of carbonyl (C=O) groups is 1. The van der Waals surface area contributed by atoms with Gasteiger partial charge in [-0.05, 0) is 12.3 Å². The van der Waals surface area contributed by atoms with Crippen LogP contribution in [0.15, 0.2) is 0 Å². The Labute approximate surface area is 81.7 Å². The average Bonchev–Trinajstić information content (AvgIpc) is 2.14. The monoisotopic (exact) mass is 186 g/mol. The maximum atomic E-state index is 11.2. The summed E-state index contributed by atoms with van der Waals surface area (Å²) < 4.78 is 5.08. The predicted octanol–water partition coefficient (Wildman–Crippen LogP) is 3.16. The van der Waals surface area contributed by atoms with Gasteiger partial charge in [0.1, 0.15) is 0 Å². The van der Waals surface area contributed by atoms with Gasteiger partial charge in [0.05, 0.1) is 6.61 Å². The van der Waals surface area contributed by atoms with Gasteiger partial charge in [-0.2, -0.15) is 0 Å². The van der Waals surface area contributed by atoms with E-state index in [-0.39, 0.29) is 5.97 Å². The highest BCUT2D eigenvalue weighted by Gasteiger charge is 2.10. The molecule has 0 atom stereocenters. The van der Waals surface area contributed by atoms with Crippen molar-refractivity contribution in [3.63, 3.8) is 0 Å². The first-order valence-electron chi connectivity index (χ1n) is 5.40. The Morgan fingerprint density at radius 2 is 1.85 bits per heavy atom. The van der Waals surface area contributed by atoms with Crippen molar-refractivity contribution in [3.05, 3.63) is 0 Å². The van der Waals surface area contributed by atoms with E-state index in [1.807, 2.05) is 0 Å². The van der Waals surface area contributed by atoms with Crippen LogP contribution in [0, 0.1) is 5.92 Å². The minimum absolute atomic E-state index is 0.0258. The highest BCUT2D eigenvalue weighted by molar-refractivity contribution is 5.69. The van der Waals surface area contributed by atoms with E-state index in [2.05, 4.69) is 20.8 Å². The van der Waals surface area contributed by atoms with Gasteiger partial charge in [-0.25, -0.2) is 0 Å². The van der Waals surface area contributed by atoms with Crippen LogP contribution < -0.4 is 0 Å². The van der Waals surface area contributed by atoms with Crippen LogP contribution in [-0.2, 0) is 9.53 Å². The summed E-state index contributed by atoms with van der Waals surface area (Å²) in [6, 6.07) is 0. The molecule has 0 unspecified atom stereocenters. The molecular weight excluding hydrogens is 164 g/mol. The average molecular weight is 186 g/mol. The van der Waals surface area contributed by atoms with Gasteiger partial charge in [-0.15, -0.1) is 0 Å². The third-order valence-electron chi connectivity index (χ3n) is 2.37. The first-order valence-corrected chi connectivity index (χ1v) is 5.40. The van der Waals surface area contributed by atoms with Crippen LogP contribution in [-0.4, -0.2) is 12.6 Å². The molecule has 0 aromatic rings. The van der Waals surface area contributed by atoms with Crippen LogP contribution in [0.2, 0.25) is 0 Å². The summed E-state index contributed by atoms with van der Waals surface area (Å²) in [5, 5.41) is 0. The van der Waals surface area contributed by atoms with Crippen LogP contribution >= 0.6 is 0 Å². The summed E-state index contributed by atoms with van der Waals surface area (Å²) in [6.07, 6.45) is 4.79. The molecule has 2 heteroatoms. The van der Waals surface area contributed by atoms with Gasteiger partial charge in [0, 0.05) is 6.42 Å². The van der Waals surface area contributed by atoms with E-state index >= 15 is 0 Å². The zero-order chi connectivity index (χ0) is 10.1. The lowest BCUT2D eigenvalue weighted by atomic mass is 10.00. The Balaban J connectivity index is 3.48. The second kappa shape index (κ2) is 8.09. The summed E-state index contributed by atoms with van der Waals surface area (Å²) in [6.45, 7) is 6.92. The molecule has 78 valence electrons. The number of carbonyl (C=O) groups excluding carboxylic acids is 1. The first-order chi connectivity index (χ1) is 6.24. The van der Waals surface area contributed by atoms with Crippen LogP contribution in [0.5, 0.6) is 0 Å². The van der Waals surface area contributed by atoms with Crippen molar-refractivity contribution in [3.8, 4) is 0 Å². The molecular formula is C11H22O2. The molecule has 0 fully saturated rings. The predicted molar refractivity (Wildman–Crippen MR) is 54.6 cm³/mol. The van der Waals surface area contributed by atoms with E-state index in [9.17, 15) is 4.79 Å². The Morgan fingerprint density at radius 3 is 2.31 bits per heavy atom. The molecule has 0 aliphatic carbocycles. The second-order valence-corrected chi connectivity index (χ2v) is 3.46. The number of rotatable bonds is 7. The Kier molecular flexibility index (Phi) is 7.76. The van der Waals surface area contributed by atoms with Gasteiger partial charge in [0.2, 0.25) is 0 Å². The quantitative estimate of drug-likeness (QED) is 0.451. The summed E-state index contributed by atoms with van der Waals surface area (Å²) in [5.41, 5.74) is 0. The number of hydrogen-bond donors (Lipinski definition) is 0. The van der Waals surface area contributed by atoms with Crippen LogP contribution in [0.4, 0.5) is 0 Å². The smallest absolute Gasteiger partial charge is 0.306 e. The highest BCUT2D eigenvalue weighted by Crippen LogP contribution is 2.12. The van der Waals surface area contributed by atoms with E-state index in [0.717, 1.165) is 25.7 Å². The van der Waals surface area contributed by atoms with Crippen molar-refractivity contribution >= 4 is 5.97 Å². The molecule has 0 saturated heterocycles. The lowest BCUT2D eigenvalue weighted by Gasteiger charge is -2.10. The molecule has 0 N–H and O–H groups in total. The van der Waals surface area contributed by atoms with Crippen molar-refractivity contribution in [2.45, 2.75) is 52.9 Å². The van der Waals surface area contributed by atoms with Gasteiger partial charge < -0.3 is 4.74 Å². The largest absolute Gasteiger partial charge is 0.466 e. The number of esters is 1. The first kappa shape index (κ1) is 12.5. The molecule has 0 spiro atoms. The summed E-state index contributed by atoms with van der Waals surface area (Å²) in [4.78, 5) is 11.2. The maximum Gasteiger partial charge on any atom is 0.306 e. The molecule has 0 aliphatic heterocycles. The molecule has 0 aromatic heterocycles. The van der Waals surface area contributed by atoms with Crippen LogP contribution in [0.25, 0.3) is 0 Å². The van der Waals surface area contributed by atoms with Crippen LogP contribution in [0.3, 0.4) is 0 Å². The molecule has 0 amide bonds. The van der Waals surface area contributed by atoms with Crippen molar-refractivity contribution in [2.75, 3.05) is 6.61 Å². The van der Waals surface area contributed by atoms with Crippen molar-refractivity contribution < 1.29 is 9.53 Å². The standard InChI is InChI=1S/C11H22O2/c1-4-7-8-13-11(12)9-10(5-2)6-3/h10H,4-9H2,1-3H3. The molecule has 0 saturated carbocycles. The van der Waals surface area contributed by atoms with Crippen molar-refractivity contribution in [1.82, 2.24) is 0 Å². The molecule has 0 aliphatic rings. The minimum Gasteiger partial charge on any atom is -0.466 e. The fraction of sp³-hybridized carbons (Fsp3) is 0.909. The molecule has 0 bridgehead atoms. The fourth-order valence-corrected chi connectivity index (χ4v) is 1.20. The Bertz CT molecular complexity index is 128. The molecule has 0 radical (unpaired) electrons. The fourth-order valence-electron chi connectivity index (χ4n) is 1.20. The highest BCUT2D eigenvalue weighted by atomic mass is 16.5. The van der Waals surface area contributed by atoms with Crippen molar-refractivity contribution in [1.29, 1.82) is 0 Å². The maximum absolute atomic E-state index is 11.2. The van der Waals surface area contributed by atoms with Gasteiger partial charge in [0.25, 0.3) is 0 Å². The molecule has 2 nitrogen and oxygen atoms in total. The summed E-state index contributed by atoms with van der Waals surface area (Å²) >= 11 is 0. The third kappa shape index (κ3) is 6.62. The van der Waals surface area contributed by atoms with Gasteiger partial charge in [0.15, 0.2) is 0 Å². The van der Waals surface area contributed by atoms with Gasteiger partial charge in [-0.3, -0.25) is 4.79 Å². The van der Waals surface area contributed by atoms with E-state index in [0.29, 0.717) is 18.9 Å². The Hall–Kier alpha value is -0.530. The second-order valence-electron chi connectivity index (χ2n) is 3.46. The Morgan fingerprint density at radius 1 is 1.23 bits per heavy atom. The summed E-state index contributed by atoms with van der Waals surface area (Å²) in [7, 11) is 0. The number of ether oxygens (including phenoxy) is 1.